The number of Topliss-reactive ketones (excluding diaryl/α,β-unsaturated/α-hetero) is 1. The molecule has 1 aliphatic heterocycles. The number of carbonyl (C=O) groups is 2. The highest BCUT2D eigenvalue weighted by Crippen LogP contribution is 2.46. The molecule has 5 rings (SSSR count). The van der Waals surface area contributed by atoms with E-state index >= 15 is 0 Å². The highest BCUT2D eigenvalue weighted by atomic mass is 32.1. The predicted octanol–water partition coefficient (Wildman–Crippen LogP) is 5.78. The smallest absolute Gasteiger partial charge is 0.301 e. The van der Waals surface area contributed by atoms with Crippen molar-refractivity contribution in [2.24, 2.45) is 0 Å². The first kappa shape index (κ1) is 24.5. The van der Waals surface area contributed by atoms with Gasteiger partial charge >= 0.3 is 5.91 Å². The lowest BCUT2D eigenvalue weighted by molar-refractivity contribution is -0.132. The molecular weight excluding hydrogens is 495 g/mol. The fraction of sp³-hybridized carbons (Fsp3) is 0.179. The molecule has 1 amide bonds. The number of aromatic hydroxyl groups is 1. The standard InChI is InChI=1S/C28H23FN2O5S/c1-4-36-21-12-16(7-10-20(21)32)24-23(25(33)18-11-14(2)5-6-15(18)3)26(34)27(35)31(24)28-30-19-9-8-17(29)13-22(19)37-28/h5-13,24,32-33H,4H2,1-3H3/b25-23+. The first-order valence-electron chi connectivity index (χ1n) is 11.6. The Balaban J connectivity index is 1.77. The maximum Gasteiger partial charge on any atom is 0.301 e. The Hall–Kier alpha value is -4.24. The molecule has 0 bridgehead atoms. The number of thiazole rings is 1. The molecule has 1 atom stereocenters. The van der Waals surface area contributed by atoms with Crippen molar-refractivity contribution >= 4 is 44.1 Å². The number of rotatable bonds is 5. The number of nitrogens with zero attached hydrogens (tertiary/aromatic N) is 2. The number of ketones is 1. The maximum atomic E-state index is 13.9. The highest BCUT2D eigenvalue weighted by Gasteiger charge is 2.48. The molecule has 2 N–H and O–H groups in total. The van der Waals surface area contributed by atoms with Crippen LogP contribution in [0.2, 0.25) is 0 Å². The van der Waals surface area contributed by atoms with E-state index in [2.05, 4.69) is 4.98 Å². The van der Waals surface area contributed by atoms with Crippen LogP contribution in [0.5, 0.6) is 11.5 Å². The van der Waals surface area contributed by atoms with Crippen LogP contribution in [0.3, 0.4) is 0 Å². The van der Waals surface area contributed by atoms with Crippen molar-refractivity contribution in [3.8, 4) is 11.5 Å². The van der Waals surface area contributed by atoms with Gasteiger partial charge in [-0.05, 0) is 68.3 Å². The summed E-state index contributed by atoms with van der Waals surface area (Å²) in [6.07, 6.45) is 0. The Kier molecular flexibility index (Phi) is 6.16. The number of ether oxygens (including phenoxy) is 1. The van der Waals surface area contributed by atoms with Crippen LogP contribution in [0.25, 0.3) is 16.0 Å². The van der Waals surface area contributed by atoms with E-state index in [4.69, 9.17) is 4.74 Å². The fourth-order valence-corrected chi connectivity index (χ4v) is 5.46. The van der Waals surface area contributed by atoms with Gasteiger partial charge in [0.2, 0.25) is 0 Å². The minimum atomic E-state index is -1.06. The molecule has 0 aliphatic carbocycles. The van der Waals surface area contributed by atoms with E-state index in [1.807, 2.05) is 19.1 Å². The van der Waals surface area contributed by atoms with Crippen LogP contribution >= 0.6 is 11.3 Å². The van der Waals surface area contributed by atoms with Crippen LogP contribution in [-0.4, -0.2) is 33.5 Å². The Morgan fingerprint density at radius 2 is 1.89 bits per heavy atom. The number of aliphatic hydroxyl groups excluding tert-OH is 1. The molecule has 1 saturated heterocycles. The van der Waals surface area contributed by atoms with Crippen molar-refractivity contribution in [1.29, 1.82) is 0 Å². The molecule has 2 heterocycles. The molecule has 7 nitrogen and oxygen atoms in total. The fourth-order valence-electron chi connectivity index (χ4n) is 4.44. The quantitative estimate of drug-likeness (QED) is 0.197. The number of amides is 1. The van der Waals surface area contributed by atoms with Gasteiger partial charge in [0.05, 0.1) is 28.4 Å². The van der Waals surface area contributed by atoms with Crippen LogP contribution in [0.1, 0.15) is 35.2 Å². The molecule has 0 spiro atoms. The summed E-state index contributed by atoms with van der Waals surface area (Å²) in [5.74, 6) is -2.44. The zero-order valence-electron chi connectivity index (χ0n) is 20.3. The van der Waals surface area contributed by atoms with Gasteiger partial charge in [-0.3, -0.25) is 14.5 Å². The second kappa shape index (κ2) is 9.33. The average molecular weight is 519 g/mol. The number of benzene rings is 3. The predicted molar refractivity (Wildman–Crippen MR) is 140 cm³/mol. The minimum Gasteiger partial charge on any atom is -0.507 e. The number of halogens is 1. The number of aromatic nitrogens is 1. The Morgan fingerprint density at radius 1 is 1.11 bits per heavy atom. The average Bonchev–Trinajstić information content (AvgIpc) is 3.39. The Bertz CT molecular complexity index is 1610. The minimum absolute atomic E-state index is 0.104. The molecule has 3 aromatic carbocycles. The zero-order valence-corrected chi connectivity index (χ0v) is 21.1. The van der Waals surface area contributed by atoms with Gasteiger partial charge in [0.1, 0.15) is 11.6 Å². The number of phenolic OH excluding ortho intramolecular Hbond substituents is 1. The van der Waals surface area contributed by atoms with Crippen molar-refractivity contribution in [2.75, 3.05) is 11.5 Å². The van der Waals surface area contributed by atoms with E-state index in [1.165, 1.54) is 35.2 Å². The summed E-state index contributed by atoms with van der Waals surface area (Å²) in [4.78, 5) is 32.6. The molecule has 37 heavy (non-hydrogen) atoms. The van der Waals surface area contributed by atoms with Crippen molar-refractivity contribution in [1.82, 2.24) is 4.98 Å². The topological polar surface area (TPSA) is 100.0 Å². The molecule has 4 aromatic rings. The number of anilines is 1. The summed E-state index contributed by atoms with van der Waals surface area (Å²) in [5.41, 5.74) is 2.81. The van der Waals surface area contributed by atoms with Gasteiger partial charge in [-0.25, -0.2) is 9.37 Å². The molecule has 1 unspecified atom stereocenters. The van der Waals surface area contributed by atoms with Crippen LogP contribution < -0.4 is 9.64 Å². The van der Waals surface area contributed by atoms with Crippen molar-refractivity contribution < 1.29 is 28.9 Å². The normalized spacial score (nSPS) is 17.1. The number of phenols is 1. The molecule has 0 radical (unpaired) electrons. The van der Waals surface area contributed by atoms with Gasteiger partial charge in [0.15, 0.2) is 16.6 Å². The van der Waals surface area contributed by atoms with E-state index in [-0.39, 0.29) is 34.6 Å². The van der Waals surface area contributed by atoms with Crippen molar-refractivity contribution in [3.63, 3.8) is 0 Å². The molecule has 1 aliphatic rings. The molecule has 1 aromatic heterocycles. The van der Waals surface area contributed by atoms with Crippen LogP contribution in [0.4, 0.5) is 9.52 Å². The maximum absolute atomic E-state index is 13.9. The van der Waals surface area contributed by atoms with E-state index in [1.54, 1.807) is 26.0 Å². The summed E-state index contributed by atoms with van der Waals surface area (Å²) in [6.45, 7) is 5.71. The van der Waals surface area contributed by atoms with Gasteiger partial charge in [0.25, 0.3) is 5.78 Å². The molecule has 9 heteroatoms. The summed E-state index contributed by atoms with van der Waals surface area (Å²) in [5, 5.41) is 21.9. The highest BCUT2D eigenvalue weighted by molar-refractivity contribution is 7.22. The summed E-state index contributed by atoms with van der Waals surface area (Å²) in [7, 11) is 0. The van der Waals surface area contributed by atoms with E-state index in [9.17, 15) is 24.2 Å². The van der Waals surface area contributed by atoms with E-state index in [0.29, 0.717) is 21.3 Å². The van der Waals surface area contributed by atoms with Gasteiger partial charge < -0.3 is 14.9 Å². The lowest BCUT2D eigenvalue weighted by atomic mass is 9.93. The number of fused-ring (bicyclic) bond motifs is 1. The van der Waals surface area contributed by atoms with Crippen molar-refractivity contribution in [2.45, 2.75) is 26.8 Å². The second-order valence-electron chi connectivity index (χ2n) is 8.76. The number of aliphatic hydroxyl groups is 1. The molecule has 0 saturated carbocycles. The molecular formula is C28H23FN2O5S. The number of aryl methyl sites for hydroxylation is 2. The van der Waals surface area contributed by atoms with Crippen LogP contribution in [0.15, 0.2) is 60.2 Å². The van der Waals surface area contributed by atoms with E-state index < -0.39 is 23.5 Å². The summed E-state index contributed by atoms with van der Waals surface area (Å²) >= 11 is 1.06. The number of hydrogen-bond donors (Lipinski definition) is 2. The zero-order chi connectivity index (χ0) is 26.4. The lowest BCUT2D eigenvalue weighted by Crippen LogP contribution is -2.29. The Labute approximate surface area is 216 Å². The molecule has 188 valence electrons. The largest absolute Gasteiger partial charge is 0.507 e. The lowest BCUT2D eigenvalue weighted by Gasteiger charge is -2.24. The number of hydrogen-bond acceptors (Lipinski definition) is 7. The monoisotopic (exact) mass is 518 g/mol. The van der Waals surface area contributed by atoms with Crippen LogP contribution in [-0.2, 0) is 9.59 Å². The second-order valence-corrected chi connectivity index (χ2v) is 9.77. The van der Waals surface area contributed by atoms with Crippen LogP contribution in [0, 0.1) is 19.7 Å². The third kappa shape index (κ3) is 4.21. The first-order valence-corrected chi connectivity index (χ1v) is 12.4. The third-order valence-electron chi connectivity index (χ3n) is 6.24. The SMILES string of the molecule is CCOc1cc(C2/C(=C(\O)c3cc(C)ccc3C)C(=O)C(=O)N2c2nc3ccc(F)cc3s2)ccc1O. The number of carbonyl (C=O) groups excluding carboxylic acids is 2. The summed E-state index contributed by atoms with van der Waals surface area (Å²) < 4.78 is 19.9. The van der Waals surface area contributed by atoms with Crippen molar-refractivity contribution in [3.05, 3.63) is 88.2 Å². The van der Waals surface area contributed by atoms with Gasteiger partial charge in [-0.2, -0.15) is 0 Å². The molecule has 1 fully saturated rings. The first-order chi connectivity index (χ1) is 17.7. The van der Waals surface area contributed by atoms with Gasteiger partial charge in [-0.1, -0.05) is 35.1 Å². The van der Waals surface area contributed by atoms with E-state index in [0.717, 1.165) is 22.5 Å². The van der Waals surface area contributed by atoms with Gasteiger partial charge in [-0.15, -0.1) is 0 Å². The van der Waals surface area contributed by atoms with Gasteiger partial charge in [0, 0.05) is 5.56 Å². The Morgan fingerprint density at radius 3 is 2.65 bits per heavy atom. The third-order valence-corrected chi connectivity index (χ3v) is 7.25. The summed E-state index contributed by atoms with van der Waals surface area (Å²) in [6, 6.07) is 13.0.